The molecule has 7 nitrogen and oxygen atoms in total. The lowest BCUT2D eigenvalue weighted by Gasteiger charge is -2.14. The second kappa shape index (κ2) is 8.52. The minimum atomic E-state index is -4.79. The maximum atomic E-state index is 12.6. The molecule has 1 atom stereocenters. The van der Waals surface area contributed by atoms with Crippen molar-refractivity contribution in [2.75, 3.05) is 5.75 Å². The van der Waals surface area contributed by atoms with Gasteiger partial charge in [0.15, 0.2) is 9.84 Å². The van der Waals surface area contributed by atoms with Crippen LogP contribution in [0.4, 0.5) is 13.2 Å². The molecule has 0 radical (unpaired) electrons. The first-order valence-electron chi connectivity index (χ1n) is 8.88. The third kappa shape index (κ3) is 5.86. The zero-order valence-corrected chi connectivity index (χ0v) is 16.2. The summed E-state index contributed by atoms with van der Waals surface area (Å²) in [6.07, 6.45) is -3.33. The standard InChI is InChI=1S/C19H18F3NO6S/c20-19(21,22)29-15-5-3-13(4-6-15)28-14-7-9-16(10-8-14)30(26,27)11-17(12-1-2-12)18(24)23-25/h3-10,12,17,25H,1-2,11H2,(H,23,24). The predicted molar refractivity (Wildman–Crippen MR) is 97.8 cm³/mol. The van der Waals surface area contributed by atoms with E-state index in [4.69, 9.17) is 9.94 Å². The van der Waals surface area contributed by atoms with Gasteiger partial charge >= 0.3 is 6.36 Å². The van der Waals surface area contributed by atoms with E-state index in [0.717, 1.165) is 25.0 Å². The number of hydroxylamine groups is 1. The SMILES string of the molecule is O=C(NO)C(CS(=O)(=O)c1ccc(Oc2ccc(OC(F)(F)F)cc2)cc1)C1CC1. The van der Waals surface area contributed by atoms with E-state index in [-0.39, 0.29) is 22.3 Å². The van der Waals surface area contributed by atoms with Gasteiger partial charge in [-0.25, -0.2) is 13.9 Å². The molecule has 1 amide bonds. The van der Waals surface area contributed by atoms with E-state index in [0.29, 0.717) is 0 Å². The van der Waals surface area contributed by atoms with Crippen molar-refractivity contribution in [2.45, 2.75) is 24.1 Å². The average molecular weight is 445 g/mol. The Morgan fingerprint density at radius 3 is 2.00 bits per heavy atom. The number of carbonyl (C=O) groups excluding carboxylic acids is 1. The number of nitrogens with one attached hydrogen (secondary N) is 1. The lowest BCUT2D eigenvalue weighted by Crippen LogP contribution is -2.34. The average Bonchev–Trinajstić information content (AvgIpc) is 3.51. The van der Waals surface area contributed by atoms with Gasteiger partial charge in [0.1, 0.15) is 17.2 Å². The zero-order valence-electron chi connectivity index (χ0n) is 15.4. The van der Waals surface area contributed by atoms with Crippen LogP contribution in [0.5, 0.6) is 17.2 Å². The van der Waals surface area contributed by atoms with Gasteiger partial charge in [0.25, 0.3) is 0 Å². The fourth-order valence-corrected chi connectivity index (χ4v) is 4.54. The minimum absolute atomic E-state index is 0.0137. The first-order chi connectivity index (χ1) is 14.1. The Kier molecular flexibility index (Phi) is 6.22. The molecule has 1 aliphatic carbocycles. The molecular formula is C19H18F3NO6S. The number of carbonyl (C=O) groups is 1. The van der Waals surface area contributed by atoms with E-state index in [1.54, 1.807) is 0 Å². The molecule has 1 saturated carbocycles. The van der Waals surface area contributed by atoms with Gasteiger partial charge in [-0.2, -0.15) is 0 Å². The first-order valence-corrected chi connectivity index (χ1v) is 10.5. The Hall–Kier alpha value is -2.79. The van der Waals surface area contributed by atoms with Crippen molar-refractivity contribution in [1.29, 1.82) is 0 Å². The summed E-state index contributed by atoms with van der Waals surface area (Å²) in [6, 6.07) is 10.1. The highest BCUT2D eigenvalue weighted by molar-refractivity contribution is 7.91. The Morgan fingerprint density at radius 1 is 1.03 bits per heavy atom. The van der Waals surface area contributed by atoms with E-state index in [2.05, 4.69) is 4.74 Å². The molecule has 11 heteroatoms. The number of hydrogen-bond donors (Lipinski definition) is 2. The molecule has 1 fully saturated rings. The van der Waals surface area contributed by atoms with Crippen LogP contribution in [0.1, 0.15) is 12.8 Å². The Bertz CT molecular complexity index is 986. The van der Waals surface area contributed by atoms with Crippen LogP contribution in [0.3, 0.4) is 0 Å². The van der Waals surface area contributed by atoms with Crippen LogP contribution >= 0.6 is 0 Å². The van der Waals surface area contributed by atoms with Gasteiger partial charge < -0.3 is 9.47 Å². The molecule has 0 bridgehead atoms. The normalized spacial score (nSPS) is 15.3. The van der Waals surface area contributed by atoms with Crippen molar-refractivity contribution in [3.05, 3.63) is 48.5 Å². The van der Waals surface area contributed by atoms with Gasteiger partial charge in [-0.05, 0) is 67.3 Å². The van der Waals surface area contributed by atoms with Crippen molar-refractivity contribution >= 4 is 15.7 Å². The lowest BCUT2D eigenvalue weighted by molar-refractivity contribution is -0.274. The van der Waals surface area contributed by atoms with Crippen molar-refractivity contribution < 1.29 is 41.1 Å². The second-order valence-corrected chi connectivity index (χ2v) is 8.83. The number of benzene rings is 2. The number of hydrogen-bond acceptors (Lipinski definition) is 6. The van der Waals surface area contributed by atoms with E-state index in [1.165, 1.54) is 41.9 Å². The van der Waals surface area contributed by atoms with Crippen LogP contribution in [-0.2, 0) is 14.6 Å². The molecule has 1 unspecified atom stereocenters. The molecule has 2 N–H and O–H groups in total. The summed E-state index contributed by atoms with van der Waals surface area (Å²) in [4.78, 5) is 11.7. The van der Waals surface area contributed by atoms with Gasteiger partial charge in [0, 0.05) is 0 Å². The fraction of sp³-hybridized carbons (Fsp3) is 0.316. The lowest BCUT2D eigenvalue weighted by atomic mass is 10.1. The number of alkyl halides is 3. The van der Waals surface area contributed by atoms with Crippen molar-refractivity contribution in [3.8, 4) is 17.2 Å². The number of amides is 1. The molecule has 0 spiro atoms. The fourth-order valence-electron chi connectivity index (χ4n) is 2.90. The molecule has 3 rings (SSSR count). The highest BCUT2D eigenvalue weighted by atomic mass is 32.2. The van der Waals surface area contributed by atoms with Crippen LogP contribution < -0.4 is 15.0 Å². The van der Waals surface area contributed by atoms with Gasteiger partial charge in [-0.3, -0.25) is 10.0 Å². The summed E-state index contributed by atoms with van der Waals surface area (Å²) in [5.41, 5.74) is 1.52. The van der Waals surface area contributed by atoms with E-state index < -0.39 is 39.5 Å². The summed E-state index contributed by atoms with van der Waals surface area (Å²) in [6.45, 7) is 0. The number of halogens is 3. The van der Waals surface area contributed by atoms with E-state index in [1.807, 2.05) is 0 Å². The molecule has 0 heterocycles. The Morgan fingerprint density at radius 2 is 1.53 bits per heavy atom. The second-order valence-electron chi connectivity index (χ2n) is 6.79. The van der Waals surface area contributed by atoms with Crippen LogP contribution in [0.2, 0.25) is 0 Å². The molecule has 30 heavy (non-hydrogen) atoms. The first kappa shape index (κ1) is 21.9. The summed E-state index contributed by atoms with van der Waals surface area (Å²) in [7, 11) is -3.78. The maximum Gasteiger partial charge on any atom is 0.573 e. The minimum Gasteiger partial charge on any atom is -0.457 e. The van der Waals surface area contributed by atoms with E-state index >= 15 is 0 Å². The highest BCUT2D eigenvalue weighted by Crippen LogP contribution is 2.38. The molecule has 0 saturated heterocycles. The smallest absolute Gasteiger partial charge is 0.457 e. The summed E-state index contributed by atoms with van der Waals surface area (Å²) in [5.74, 6) is -1.94. The van der Waals surface area contributed by atoms with Crippen LogP contribution in [0.25, 0.3) is 0 Å². The number of ether oxygens (including phenoxy) is 2. The van der Waals surface area contributed by atoms with Crippen LogP contribution in [0, 0.1) is 11.8 Å². The highest BCUT2D eigenvalue weighted by Gasteiger charge is 2.39. The zero-order chi connectivity index (χ0) is 21.9. The quantitative estimate of drug-likeness (QED) is 0.475. The molecule has 0 aromatic heterocycles. The van der Waals surface area contributed by atoms with Crippen LogP contribution in [0.15, 0.2) is 53.4 Å². The monoisotopic (exact) mass is 445 g/mol. The molecule has 2 aromatic rings. The molecule has 1 aliphatic rings. The van der Waals surface area contributed by atoms with Gasteiger partial charge in [-0.15, -0.1) is 13.2 Å². The van der Waals surface area contributed by atoms with Crippen molar-refractivity contribution in [3.63, 3.8) is 0 Å². The summed E-state index contributed by atoms with van der Waals surface area (Å²) in [5, 5.41) is 8.82. The van der Waals surface area contributed by atoms with E-state index in [9.17, 15) is 26.4 Å². The van der Waals surface area contributed by atoms with Gasteiger partial charge in [0.2, 0.25) is 5.91 Å². The summed E-state index contributed by atoms with van der Waals surface area (Å²) < 4.78 is 71.0. The van der Waals surface area contributed by atoms with Crippen LogP contribution in [-0.4, -0.2) is 31.6 Å². The molecule has 162 valence electrons. The van der Waals surface area contributed by atoms with Crippen molar-refractivity contribution in [1.82, 2.24) is 5.48 Å². The molecular weight excluding hydrogens is 427 g/mol. The van der Waals surface area contributed by atoms with Gasteiger partial charge in [-0.1, -0.05) is 0 Å². The number of sulfone groups is 1. The van der Waals surface area contributed by atoms with Crippen molar-refractivity contribution in [2.24, 2.45) is 11.8 Å². The Balaban J connectivity index is 1.66. The predicted octanol–water partition coefficient (Wildman–Crippen LogP) is 3.68. The topological polar surface area (TPSA) is 102 Å². The Labute approximate surface area is 170 Å². The van der Waals surface area contributed by atoms with Gasteiger partial charge in [0.05, 0.1) is 16.6 Å². The number of rotatable bonds is 8. The summed E-state index contributed by atoms with van der Waals surface area (Å²) >= 11 is 0. The largest absolute Gasteiger partial charge is 0.573 e. The molecule has 0 aliphatic heterocycles. The maximum absolute atomic E-state index is 12.6. The third-order valence-electron chi connectivity index (χ3n) is 4.51. The third-order valence-corrected chi connectivity index (χ3v) is 6.30. The molecule has 2 aromatic carbocycles.